The van der Waals surface area contributed by atoms with E-state index >= 15 is 0 Å². The summed E-state index contributed by atoms with van der Waals surface area (Å²) in [5.41, 5.74) is 3.82. The first-order chi connectivity index (χ1) is 20.7. The Kier molecular flexibility index (Phi) is 7.63. The number of hydrogen-bond donors (Lipinski definition) is 2. The first kappa shape index (κ1) is 29.0. The molecule has 2 atom stereocenters. The van der Waals surface area contributed by atoms with Crippen LogP contribution in [0, 0.1) is 5.92 Å². The third kappa shape index (κ3) is 5.88. The first-order valence-corrected chi connectivity index (χ1v) is 15.2. The highest BCUT2D eigenvalue weighted by Crippen LogP contribution is 2.39. The summed E-state index contributed by atoms with van der Waals surface area (Å²) in [5, 5.41) is 5.49. The van der Waals surface area contributed by atoms with Crippen molar-refractivity contribution in [3.8, 4) is 5.69 Å². The Morgan fingerprint density at radius 3 is 2.67 bits per heavy atom. The van der Waals surface area contributed by atoms with E-state index in [0.29, 0.717) is 37.6 Å². The van der Waals surface area contributed by atoms with E-state index in [1.54, 1.807) is 6.07 Å². The minimum absolute atomic E-state index is 0.0674. The van der Waals surface area contributed by atoms with Crippen LogP contribution in [0.5, 0.6) is 0 Å². The number of aromatic nitrogens is 2. The molecular weight excluding hydrogens is 561 g/mol. The van der Waals surface area contributed by atoms with Crippen LogP contribution in [0.4, 0.5) is 13.2 Å². The van der Waals surface area contributed by atoms with Gasteiger partial charge in [-0.25, -0.2) is 15.2 Å². The summed E-state index contributed by atoms with van der Waals surface area (Å²) in [6.45, 7) is 4.49. The molecule has 5 heterocycles. The van der Waals surface area contributed by atoms with E-state index in [1.807, 2.05) is 18.2 Å². The van der Waals surface area contributed by atoms with Crippen molar-refractivity contribution in [1.82, 2.24) is 29.6 Å². The van der Waals surface area contributed by atoms with Gasteiger partial charge in [0.15, 0.2) is 0 Å². The average molecular weight is 601 g/mol. The molecule has 9 nitrogen and oxygen atoms in total. The van der Waals surface area contributed by atoms with Crippen LogP contribution in [0.2, 0.25) is 0 Å². The average Bonchev–Trinajstić information content (AvgIpc) is 3.32. The molecule has 7 rings (SSSR count). The summed E-state index contributed by atoms with van der Waals surface area (Å²) in [6.07, 6.45) is 3.74. The SMILES string of the molecule is CN1CN(CC2CC2)NC1CC1(c2cccc(-n3cc4c(C(F)(F)F)cc(CNCC5CCCO5)cn4c3=O)c2)COC1. The fourth-order valence-electron chi connectivity index (χ4n) is 6.69. The number of imidazole rings is 1. The number of pyridine rings is 1. The summed E-state index contributed by atoms with van der Waals surface area (Å²) in [4.78, 5) is 15.9. The summed E-state index contributed by atoms with van der Waals surface area (Å²) in [5.74, 6) is 0.783. The summed E-state index contributed by atoms with van der Waals surface area (Å²) in [7, 11) is 2.12. The van der Waals surface area contributed by atoms with E-state index in [4.69, 9.17) is 9.47 Å². The Labute approximate surface area is 248 Å². The van der Waals surface area contributed by atoms with Crippen molar-refractivity contribution in [1.29, 1.82) is 0 Å². The number of alkyl halides is 3. The van der Waals surface area contributed by atoms with Crippen molar-refractivity contribution < 1.29 is 22.6 Å². The van der Waals surface area contributed by atoms with Gasteiger partial charge in [-0.1, -0.05) is 12.1 Å². The van der Waals surface area contributed by atoms with Gasteiger partial charge in [0, 0.05) is 44.0 Å². The Hall–Kier alpha value is -2.74. The van der Waals surface area contributed by atoms with Crippen molar-refractivity contribution in [3.63, 3.8) is 0 Å². The van der Waals surface area contributed by atoms with Crippen LogP contribution in [-0.4, -0.2) is 77.8 Å². The van der Waals surface area contributed by atoms with Crippen molar-refractivity contribution in [2.24, 2.45) is 5.92 Å². The zero-order chi connectivity index (χ0) is 29.8. The number of benzene rings is 1. The maximum atomic E-state index is 14.2. The van der Waals surface area contributed by atoms with Gasteiger partial charge in [-0.3, -0.25) is 13.9 Å². The zero-order valence-electron chi connectivity index (χ0n) is 24.4. The van der Waals surface area contributed by atoms with Crippen LogP contribution >= 0.6 is 0 Å². The third-order valence-electron chi connectivity index (χ3n) is 9.36. The number of halogens is 3. The molecule has 2 aromatic heterocycles. The van der Waals surface area contributed by atoms with Crippen LogP contribution < -0.4 is 16.4 Å². The maximum Gasteiger partial charge on any atom is 0.418 e. The fourth-order valence-corrected chi connectivity index (χ4v) is 6.69. The molecular formula is C31H39F3N6O3. The fraction of sp³-hybridized carbons (Fsp3) is 0.581. The molecule has 3 saturated heterocycles. The minimum atomic E-state index is -4.61. The Bertz CT molecular complexity index is 1520. The van der Waals surface area contributed by atoms with Crippen molar-refractivity contribution in [2.45, 2.75) is 62.5 Å². The van der Waals surface area contributed by atoms with Crippen LogP contribution in [0.15, 0.2) is 47.5 Å². The lowest BCUT2D eigenvalue weighted by Crippen LogP contribution is -2.53. The predicted molar refractivity (Wildman–Crippen MR) is 155 cm³/mol. The molecule has 0 amide bonds. The van der Waals surface area contributed by atoms with Gasteiger partial charge in [0.2, 0.25) is 0 Å². The molecule has 43 heavy (non-hydrogen) atoms. The predicted octanol–water partition coefficient (Wildman–Crippen LogP) is 3.48. The molecule has 3 aliphatic heterocycles. The smallest absolute Gasteiger partial charge is 0.379 e. The highest BCUT2D eigenvalue weighted by atomic mass is 19.4. The minimum Gasteiger partial charge on any atom is -0.379 e. The van der Waals surface area contributed by atoms with E-state index in [-0.39, 0.29) is 29.7 Å². The number of hydrogen-bond acceptors (Lipinski definition) is 7. The molecule has 4 aliphatic rings. The zero-order valence-corrected chi connectivity index (χ0v) is 24.4. The van der Waals surface area contributed by atoms with E-state index in [9.17, 15) is 18.0 Å². The topological polar surface area (TPSA) is 75.4 Å². The number of rotatable bonds is 10. The summed E-state index contributed by atoms with van der Waals surface area (Å²) < 4.78 is 56.4. The van der Waals surface area contributed by atoms with Crippen molar-refractivity contribution in [3.05, 3.63) is 69.9 Å². The lowest BCUT2D eigenvalue weighted by molar-refractivity contribution is -0.136. The van der Waals surface area contributed by atoms with Gasteiger partial charge in [0.25, 0.3) is 0 Å². The number of nitrogens with one attached hydrogen (secondary N) is 2. The lowest BCUT2D eigenvalue weighted by atomic mass is 9.74. The quantitative estimate of drug-likeness (QED) is 0.369. The van der Waals surface area contributed by atoms with Gasteiger partial charge in [-0.2, -0.15) is 13.2 Å². The van der Waals surface area contributed by atoms with Crippen LogP contribution in [-0.2, 0) is 27.6 Å². The third-order valence-corrected chi connectivity index (χ3v) is 9.36. The maximum absolute atomic E-state index is 14.2. The van der Waals surface area contributed by atoms with Gasteiger partial charge in [-0.05, 0) is 74.4 Å². The van der Waals surface area contributed by atoms with E-state index < -0.39 is 17.4 Å². The van der Waals surface area contributed by atoms with Gasteiger partial charge in [0.1, 0.15) is 0 Å². The molecule has 0 spiro atoms. The Morgan fingerprint density at radius 2 is 1.98 bits per heavy atom. The van der Waals surface area contributed by atoms with Crippen LogP contribution in [0.25, 0.3) is 11.2 Å². The molecule has 4 fully saturated rings. The normalized spacial score (nSPS) is 24.7. The molecule has 0 radical (unpaired) electrons. The molecule has 232 valence electrons. The molecule has 3 aromatic rings. The van der Waals surface area contributed by atoms with Gasteiger partial charge in [0.05, 0.1) is 48.9 Å². The molecule has 2 N–H and O–H groups in total. The second-order valence-corrected chi connectivity index (χ2v) is 12.8. The molecule has 2 unspecified atom stereocenters. The van der Waals surface area contributed by atoms with E-state index in [2.05, 4.69) is 27.7 Å². The van der Waals surface area contributed by atoms with E-state index in [0.717, 1.165) is 54.4 Å². The second kappa shape index (κ2) is 11.3. The molecule has 0 bridgehead atoms. The van der Waals surface area contributed by atoms with Crippen molar-refractivity contribution >= 4 is 5.52 Å². The highest BCUT2D eigenvalue weighted by Gasteiger charge is 2.45. The van der Waals surface area contributed by atoms with Crippen LogP contribution in [0.3, 0.4) is 0 Å². The monoisotopic (exact) mass is 600 g/mol. The lowest BCUT2D eigenvalue weighted by Gasteiger charge is -2.44. The second-order valence-electron chi connectivity index (χ2n) is 12.8. The molecule has 1 aliphatic carbocycles. The van der Waals surface area contributed by atoms with Gasteiger partial charge in [-0.15, -0.1) is 0 Å². The number of hydrazine groups is 1. The largest absolute Gasteiger partial charge is 0.418 e. The van der Waals surface area contributed by atoms with Crippen molar-refractivity contribution in [2.75, 3.05) is 46.6 Å². The highest BCUT2D eigenvalue weighted by molar-refractivity contribution is 5.58. The summed E-state index contributed by atoms with van der Waals surface area (Å²) >= 11 is 0. The van der Waals surface area contributed by atoms with Gasteiger partial charge >= 0.3 is 11.9 Å². The summed E-state index contributed by atoms with van der Waals surface area (Å²) in [6, 6.07) is 8.73. The number of fused-ring (bicyclic) bond motifs is 1. The molecule has 1 saturated carbocycles. The molecule has 1 aromatic carbocycles. The van der Waals surface area contributed by atoms with E-state index in [1.165, 1.54) is 29.8 Å². The van der Waals surface area contributed by atoms with Crippen LogP contribution in [0.1, 0.15) is 48.8 Å². The number of ether oxygens (including phenoxy) is 2. The molecule has 12 heteroatoms. The standard InChI is InChI=1S/C31H39F3N6O3/c1-37-20-38(15-21-7-8-21)36-28(37)12-30(18-42-19-30)23-4-2-5-24(11-23)39-17-27-26(31(32,33)34)10-22(16-40(27)29(39)41)13-35-14-25-6-3-9-43-25/h2,4-5,10-11,16-17,21,25,28,35-36H,3,6-9,12-15,18-20H2,1H3. The first-order valence-electron chi connectivity index (χ1n) is 15.2. The Morgan fingerprint density at radius 1 is 1.14 bits per heavy atom. The van der Waals surface area contributed by atoms with Gasteiger partial charge < -0.3 is 14.8 Å². The number of nitrogens with zero attached hydrogens (tertiary/aromatic N) is 4. The Balaban J connectivity index is 1.16.